The highest BCUT2D eigenvalue weighted by Crippen LogP contribution is 2.30. The molecule has 0 heterocycles. The number of hydrogen-bond donors (Lipinski definition) is 1. The van der Waals surface area contributed by atoms with Crippen molar-refractivity contribution in [1.82, 2.24) is 0 Å². The molecule has 0 aromatic heterocycles. The van der Waals surface area contributed by atoms with E-state index < -0.39 is 0 Å². The predicted octanol–water partition coefficient (Wildman–Crippen LogP) is 4.41. The molecule has 1 nitrogen and oxygen atoms in total. The van der Waals surface area contributed by atoms with Crippen LogP contribution in [0.4, 0.5) is 0 Å². The zero-order valence-electron chi connectivity index (χ0n) is 10.0. The molecule has 0 radical (unpaired) electrons. The molecule has 1 saturated carbocycles. The molecule has 1 aliphatic carbocycles. The first-order valence-electron chi connectivity index (χ1n) is 6.36. The summed E-state index contributed by atoms with van der Waals surface area (Å²) < 4.78 is 1.10. The van der Waals surface area contributed by atoms with Gasteiger partial charge in [0.2, 0.25) is 0 Å². The van der Waals surface area contributed by atoms with Gasteiger partial charge in [-0.2, -0.15) is 0 Å². The molecule has 0 amide bonds. The molecule has 1 aliphatic rings. The van der Waals surface area contributed by atoms with Crippen molar-refractivity contribution in [1.29, 1.82) is 0 Å². The van der Waals surface area contributed by atoms with E-state index in [-0.39, 0.29) is 6.61 Å². The largest absolute Gasteiger partial charge is 0.392 e. The quantitative estimate of drug-likeness (QED) is 0.876. The fraction of sp³-hybridized carbons (Fsp3) is 0.467. The average Bonchev–Trinajstić information content (AvgIpc) is 2.39. The van der Waals surface area contributed by atoms with E-state index in [4.69, 9.17) is 0 Å². The van der Waals surface area contributed by atoms with E-state index in [0.29, 0.717) is 5.92 Å². The van der Waals surface area contributed by atoms with Crippen LogP contribution in [-0.4, -0.2) is 11.7 Å². The van der Waals surface area contributed by atoms with Gasteiger partial charge >= 0.3 is 0 Å². The molecule has 17 heavy (non-hydrogen) atoms. The first kappa shape index (κ1) is 12.8. The Bertz CT molecular complexity index is 374. The Morgan fingerprint density at radius 3 is 2.41 bits per heavy atom. The van der Waals surface area contributed by atoms with Crippen LogP contribution in [0.25, 0.3) is 6.08 Å². The molecule has 1 fully saturated rings. The fourth-order valence-corrected chi connectivity index (χ4v) is 2.80. The lowest BCUT2D eigenvalue weighted by Gasteiger charge is -2.23. The van der Waals surface area contributed by atoms with E-state index in [1.165, 1.54) is 43.2 Å². The van der Waals surface area contributed by atoms with Crippen molar-refractivity contribution in [2.45, 2.75) is 32.1 Å². The van der Waals surface area contributed by atoms with Crippen LogP contribution in [0.3, 0.4) is 0 Å². The van der Waals surface area contributed by atoms with E-state index >= 15 is 0 Å². The molecule has 0 saturated heterocycles. The van der Waals surface area contributed by atoms with Gasteiger partial charge in [-0.1, -0.05) is 53.4 Å². The van der Waals surface area contributed by atoms with Gasteiger partial charge in [0.1, 0.15) is 0 Å². The molecule has 0 atom stereocenters. The highest BCUT2D eigenvalue weighted by atomic mass is 79.9. The highest BCUT2D eigenvalue weighted by molar-refractivity contribution is 9.10. The van der Waals surface area contributed by atoms with Crippen LogP contribution in [0.5, 0.6) is 0 Å². The number of rotatable bonds is 3. The third-order valence-electron chi connectivity index (χ3n) is 3.53. The minimum atomic E-state index is 0.195. The van der Waals surface area contributed by atoms with Crippen molar-refractivity contribution in [2.24, 2.45) is 5.92 Å². The Hall–Kier alpha value is -0.600. The molecule has 1 N–H and O–H groups in total. The van der Waals surface area contributed by atoms with Crippen LogP contribution >= 0.6 is 15.9 Å². The molecular weight excluding hydrogens is 276 g/mol. The van der Waals surface area contributed by atoms with E-state index in [1.807, 2.05) is 12.1 Å². The molecular formula is C15H19BrO. The van der Waals surface area contributed by atoms with Gasteiger partial charge in [-0.3, -0.25) is 0 Å². The average molecular weight is 295 g/mol. The van der Waals surface area contributed by atoms with Crippen molar-refractivity contribution in [3.63, 3.8) is 0 Å². The van der Waals surface area contributed by atoms with Gasteiger partial charge in [-0.15, -0.1) is 0 Å². The second-order valence-electron chi connectivity index (χ2n) is 4.76. The second-order valence-corrected chi connectivity index (χ2v) is 5.68. The summed E-state index contributed by atoms with van der Waals surface area (Å²) in [6.07, 6.45) is 8.60. The summed E-state index contributed by atoms with van der Waals surface area (Å²) in [6.45, 7) is 0.195. The van der Waals surface area contributed by atoms with Crippen LogP contribution in [0.1, 0.15) is 37.7 Å². The molecule has 1 aromatic rings. The van der Waals surface area contributed by atoms with Crippen molar-refractivity contribution >= 4 is 22.0 Å². The van der Waals surface area contributed by atoms with Crippen molar-refractivity contribution in [3.05, 3.63) is 39.9 Å². The Morgan fingerprint density at radius 1 is 1.18 bits per heavy atom. The van der Waals surface area contributed by atoms with E-state index in [2.05, 4.69) is 34.1 Å². The van der Waals surface area contributed by atoms with Crippen molar-refractivity contribution < 1.29 is 5.11 Å². The molecule has 1 aromatic carbocycles. The zero-order chi connectivity index (χ0) is 12.1. The maximum atomic E-state index is 9.52. The predicted molar refractivity (Wildman–Crippen MR) is 75.8 cm³/mol. The Kier molecular flexibility index (Phi) is 4.81. The van der Waals surface area contributed by atoms with E-state index in [1.54, 1.807) is 0 Å². The first-order chi connectivity index (χ1) is 8.29. The second kappa shape index (κ2) is 6.36. The minimum absolute atomic E-state index is 0.195. The van der Waals surface area contributed by atoms with Crippen LogP contribution in [0.15, 0.2) is 34.3 Å². The van der Waals surface area contributed by atoms with Crippen LogP contribution < -0.4 is 0 Å². The SMILES string of the molecule is OCC(=Cc1ccc(Br)cc1)C1CCCCC1. The van der Waals surface area contributed by atoms with Crippen molar-refractivity contribution in [3.8, 4) is 0 Å². The fourth-order valence-electron chi connectivity index (χ4n) is 2.54. The molecule has 2 rings (SSSR count). The maximum absolute atomic E-state index is 9.52. The van der Waals surface area contributed by atoms with Gasteiger partial charge in [-0.05, 0) is 42.0 Å². The summed E-state index contributed by atoms with van der Waals surface area (Å²) in [6, 6.07) is 8.26. The molecule has 0 unspecified atom stereocenters. The maximum Gasteiger partial charge on any atom is 0.0647 e. The lowest BCUT2D eigenvalue weighted by Crippen LogP contribution is -2.11. The van der Waals surface area contributed by atoms with Gasteiger partial charge in [0.25, 0.3) is 0 Å². The molecule has 0 bridgehead atoms. The Labute approximate surface area is 112 Å². The number of benzene rings is 1. The summed E-state index contributed by atoms with van der Waals surface area (Å²) in [5, 5.41) is 9.52. The van der Waals surface area contributed by atoms with E-state index in [0.717, 1.165) is 4.47 Å². The summed E-state index contributed by atoms with van der Waals surface area (Å²) in [4.78, 5) is 0. The van der Waals surface area contributed by atoms with Crippen LogP contribution in [0, 0.1) is 5.92 Å². The Morgan fingerprint density at radius 2 is 1.82 bits per heavy atom. The van der Waals surface area contributed by atoms with Crippen LogP contribution in [0.2, 0.25) is 0 Å². The number of halogens is 1. The monoisotopic (exact) mass is 294 g/mol. The number of aliphatic hydroxyl groups is 1. The van der Waals surface area contributed by atoms with E-state index in [9.17, 15) is 5.11 Å². The van der Waals surface area contributed by atoms with Gasteiger partial charge < -0.3 is 5.11 Å². The van der Waals surface area contributed by atoms with Gasteiger partial charge in [0.15, 0.2) is 0 Å². The van der Waals surface area contributed by atoms with Crippen molar-refractivity contribution in [2.75, 3.05) is 6.61 Å². The Balaban J connectivity index is 2.13. The highest BCUT2D eigenvalue weighted by Gasteiger charge is 2.16. The van der Waals surface area contributed by atoms with Gasteiger partial charge in [-0.25, -0.2) is 0 Å². The van der Waals surface area contributed by atoms with Crippen LogP contribution in [-0.2, 0) is 0 Å². The lowest BCUT2D eigenvalue weighted by molar-refractivity contribution is 0.295. The molecule has 92 valence electrons. The summed E-state index contributed by atoms with van der Waals surface area (Å²) in [7, 11) is 0. The smallest absolute Gasteiger partial charge is 0.0647 e. The molecule has 0 aliphatic heterocycles. The standard InChI is InChI=1S/C15H19BrO/c16-15-8-6-12(7-9-15)10-14(11-17)13-4-2-1-3-5-13/h6-10,13,17H,1-5,11H2. The third-order valence-corrected chi connectivity index (χ3v) is 4.06. The minimum Gasteiger partial charge on any atom is -0.392 e. The zero-order valence-corrected chi connectivity index (χ0v) is 11.6. The van der Waals surface area contributed by atoms with Gasteiger partial charge in [0, 0.05) is 4.47 Å². The topological polar surface area (TPSA) is 20.2 Å². The third kappa shape index (κ3) is 3.68. The molecule has 2 heteroatoms. The number of hydrogen-bond acceptors (Lipinski definition) is 1. The molecule has 0 spiro atoms. The lowest BCUT2D eigenvalue weighted by atomic mass is 9.83. The summed E-state index contributed by atoms with van der Waals surface area (Å²) >= 11 is 3.44. The van der Waals surface area contributed by atoms with Gasteiger partial charge in [0.05, 0.1) is 6.61 Å². The summed E-state index contributed by atoms with van der Waals surface area (Å²) in [5.41, 5.74) is 2.38. The first-order valence-corrected chi connectivity index (χ1v) is 7.16. The normalized spacial score (nSPS) is 18.4. The summed E-state index contributed by atoms with van der Waals surface area (Å²) in [5.74, 6) is 0.595. The number of aliphatic hydroxyl groups excluding tert-OH is 1.